The van der Waals surface area contributed by atoms with Gasteiger partial charge in [-0.1, -0.05) is 6.92 Å². The van der Waals surface area contributed by atoms with E-state index in [1.54, 1.807) is 20.3 Å². The van der Waals surface area contributed by atoms with Crippen LogP contribution in [0.15, 0.2) is 22.7 Å². The number of anilines is 1. The van der Waals surface area contributed by atoms with Crippen LogP contribution in [0.5, 0.6) is 11.5 Å². The van der Waals surface area contributed by atoms with Crippen molar-refractivity contribution in [1.29, 1.82) is 0 Å². The molecule has 1 aromatic heterocycles. The van der Waals surface area contributed by atoms with Crippen molar-refractivity contribution in [3.8, 4) is 22.8 Å². The van der Waals surface area contributed by atoms with Gasteiger partial charge in [0.05, 0.1) is 19.9 Å². The number of halogens is 1. The third-order valence-corrected chi connectivity index (χ3v) is 3.78. The van der Waals surface area contributed by atoms with E-state index in [1.165, 1.54) is 0 Å². The van der Waals surface area contributed by atoms with Gasteiger partial charge in [-0.15, -0.1) is 0 Å². The second-order valence-corrected chi connectivity index (χ2v) is 5.30. The van der Waals surface area contributed by atoms with Gasteiger partial charge < -0.3 is 15.2 Å². The molecule has 0 radical (unpaired) electrons. The Kier molecular flexibility index (Phi) is 5.01. The SMILES string of the molecule is CCCc1nc(N)cc(-c2ccc(OC)c(Br)c2OC)n1. The van der Waals surface area contributed by atoms with Crippen molar-refractivity contribution in [3.05, 3.63) is 28.5 Å². The molecule has 5 nitrogen and oxygen atoms in total. The molecule has 1 heterocycles. The lowest BCUT2D eigenvalue weighted by Gasteiger charge is -2.13. The van der Waals surface area contributed by atoms with Gasteiger partial charge in [0.15, 0.2) is 0 Å². The Morgan fingerprint density at radius 3 is 2.57 bits per heavy atom. The van der Waals surface area contributed by atoms with E-state index in [4.69, 9.17) is 15.2 Å². The summed E-state index contributed by atoms with van der Waals surface area (Å²) in [6.07, 6.45) is 1.75. The summed E-state index contributed by atoms with van der Waals surface area (Å²) in [4.78, 5) is 8.82. The number of nitrogens with two attached hydrogens (primary N) is 1. The average molecular weight is 352 g/mol. The Bertz CT molecular complexity index is 647. The summed E-state index contributed by atoms with van der Waals surface area (Å²) in [6, 6.07) is 5.51. The van der Waals surface area contributed by atoms with Crippen molar-refractivity contribution < 1.29 is 9.47 Å². The minimum Gasteiger partial charge on any atom is -0.495 e. The summed E-state index contributed by atoms with van der Waals surface area (Å²) >= 11 is 3.49. The molecule has 0 saturated heterocycles. The highest BCUT2D eigenvalue weighted by Crippen LogP contribution is 2.41. The maximum absolute atomic E-state index is 5.88. The highest BCUT2D eigenvalue weighted by atomic mass is 79.9. The fraction of sp³-hybridized carbons (Fsp3) is 0.333. The Labute approximate surface area is 132 Å². The van der Waals surface area contributed by atoms with Crippen LogP contribution in [0.25, 0.3) is 11.3 Å². The van der Waals surface area contributed by atoms with Crippen molar-refractivity contribution in [2.45, 2.75) is 19.8 Å². The molecule has 0 aliphatic heterocycles. The molecule has 0 aliphatic rings. The minimum absolute atomic E-state index is 0.456. The number of nitrogens with zero attached hydrogens (tertiary/aromatic N) is 2. The molecule has 6 heteroatoms. The topological polar surface area (TPSA) is 70.3 Å². The van der Waals surface area contributed by atoms with Crippen LogP contribution in [-0.4, -0.2) is 24.2 Å². The second-order valence-electron chi connectivity index (χ2n) is 4.51. The summed E-state index contributed by atoms with van der Waals surface area (Å²) in [6.45, 7) is 2.08. The van der Waals surface area contributed by atoms with E-state index >= 15 is 0 Å². The van der Waals surface area contributed by atoms with Gasteiger partial charge in [0.25, 0.3) is 0 Å². The Balaban J connectivity index is 2.58. The molecule has 0 atom stereocenters. The first kappa shape index (κ1) is 15.6. The predicted octanol–water partition coefficient (Wildman–Crippen LogP) is 3.46. The smallest absolute Gasteiger partial charge is 0.146 e. The number of methoxy groups -OCH3 is 2. The van der Waals surface area contributed by atoms with E-state index in [2.05, 4.69) is 32.8 Å². The molecule has 2 aromatic rings. The van der Waals surface area contributed by atoms with Crippen molar-refractivity contribution in [2.75, 3.05) is 20.0 Å². The summed E-state index contributed by atoms with van der Waals surface area (Å²) in [5.74, 6) is 2.56. The lowest BCUT2D eigenvalue weighted by Crippen LogP contribution is -2.02. The Hall–Kier alpha value is -1.82. The maximum atomic E-state index is 5.88. The van der Waals surface area contributed by atoms with E-state index in [0.29, 0.717) is 17.3 Å². The second kappa shape index (κ2) is 6.76. The van der Waals surface area contributed by atoms with Gasteiger partial charge in [-0.05, 0) is 34.5 Å². The summed E-state index contributed by atoms with van der Waals surface area (Å²) in [5, 5.41) is 0. The van der Waals surface area contributed by atoms with Crippen molar-refractivity contribution >= 4 is 21.7 Å². The largest absolute Gasteiger partial charge is 0.495 e. The zero-order valence-electron chi connectivity index (χ0n) is 12.3. The third-order valence-electron chi connectivity index (χ3n) is 3.03. The molecule has 112 valence electrons. The molecule has 0 saturated carbocycles. The lowest BCUT2D eigenvalue weighted by atomic mass is 10.1. The van der Waals surface area contributed by atoms with E-state index in [9.17, 15) is 0 Å². The Morgan fingerprint density at radius 1 is 1.19 bits per heavy atom. The van der Waals surface area contributed by atoms with Gasteiger partial charge in [-0.2, -0.15) is 0 Å². The van der Waals surface area contributed by atoms with Crippen molar-refractivity contribution in [3.63, 3.8) is 0 Å². The van der Waals surface area contributed by atoms with Crippen LogP contribution in [0.2, 0.25) is 0 Å². The molecule has 0 unspecified atom stereocenters. The molecule has 0 aliphatic carbocycles. The van der Waals surface area contributed by atoms with Crippen LogP contribution in [0.3, 0.4) is 0 Å². The maximum Gasteiger partial charge on any atom is 0.146 e. The van der Waals surface area contributed by atoms with Crippen LogP contribution in [-0.2, 0) is 6.42 Å². The molecule has 2 rings (SSSR count). The van der Waals surface area contributed by atoms with Crippen molar-refractivity contribution in [2.24, 2.45) is 0 Å². The number of rotatable bonds is 5. The zero-order chi connectivity index (χ0) is 15.4. The van der Waals surface area contributed by atoms with Gasteiger partial charge in [0.2, 0.25) is 0 Å². The van der Waals surface area contributed by atoms with Gasteiger partial charge in [0.1, 0.15) is 27.6 Å². The van der Waals surface area contributed by atoms with E-state index in [-0.39, 0.29) is 0 Å². The fourth-order valence-corrected chi connectivity index (χ4v) is 2.76. The van der Waals surface area contributed by atoms with Gasteiger partial charge in [-0.25, -0.2) is 9.97 Å². The molecule has 0 bridgehead atoms. The lowest BCUT2D eigenvalue weighted by molar-refractivity contribution is 0.390. The first-order chi connectivity index (χ1) is 10.1. The number of hydrogen-bond donors (Lipinski definition) is 1. The normalized spacial score (nSPS) is 10.5. The van der Waals surface area contributed by atoms with Crippen LogP contribution < -0.4 is 15.2 Å². The van der Waals surface area contributed by atoms with E-state index in [1.807, 2.05) is 12.1 Å². The quantitative estimate of drug-likeness (QED) is 0.892. The monoisotopic (exact) mass is 351 g/mol. The van der Waals surface area contributed by atoms with Gasteiger partial charge >= 0.3 is 0 Å². The summed E-state index contributed by atoms with van der Waals surface area (Å²) in [5.41, 5.74) is 7.47. The number of aryl methyl sites for hydroxylation is 1. The van der Waals surface area contributed by atoms with Crippen LogP contribution in [0.4, 0.5) is 5.82 Å². The summed E-state index contributed by atoms with van der Waals surface area (Å²) < 4.78 is 11.5. The molecular weight excluding hydrogens is 334 g/mol. The number of ether oxygens (including phenoxy) is 2. The molecule has 1 aromatic carbocycles. The molecular formula is C15H18BrN3O2. The predicted molar refractivity (Wildman–Crippen MR) is 86.7 cm³/mol. The van der Waals surface area contributed by atoms with Gasteiger partial charge in [0, 0.05) is 18.1 Å². The zero-order valence-corrected chi connectivity index (χ0v) is 13.9. The number of hydrogen-bond acceptors (Lipinski definition) is 5. The third kappa shape index (κ3) is 3.26. The highest BCUT2D eigenvalue weighted by molar-refractivity contribution is 9.10. The molecule has 21 heavy (non-hydrogen) atoms. The number of aromatic nitrogens is 2. The molecule has 2 N–H and O–H groups in total. The standard InChI is InChI=1S/C15H18BrN3O2/c1-4-5-13-18-10(8-12(17)19-13)9-6-7-11(20-2)14(16)15(9)21-3/h6-8H,4-5H2,1-3H3,(H2,17,18,19). The fourth-order valence-electron chi connectivity index (χ4n) is 2.09. The molecule has 0 fully saturated rings. The van der Waals surface area contributed by atoms with Crippen molar-refractivity contribution in [1.82, 2.24) is 9.97 Å². The first-order valence-corrected chi connectivity index (χ1v) is 7.44. The number of nitrogen functional groups attached to an aromatic ring is 1. The minimum atomic E-state index is 0.456. The average Bonchev–Trinajstić information content (AvgIpc) is 2.46. The van der Waals surface area contributed by atoms with Gasteiger partial charge in [-0.3, -0.25) is 0 Å². The van der Waals surface area contributed by atoms with Crippen LogP contribution in [0.1, 0.15) is 19.2 Å². The van der Waals surface area contributed by atoms with Crippen LogP contribution >= 0.6 is 15.9 Å². The Morgan fingerprint density at radius 2 is 1.95 bits per heavy atom. The first-order valence-electron chi connectivity index (χ1n) is 6.65. The summed E-state index contributed by atoms with van der Waals surface area (Å²) in [7, 11) is 3.22. The molecule has 0 spiro atoms. The van der Waals surface area contributed by atoms with Crippen LogP contribution in [0, 0.1) is 0 Å². The number of benzene rings is 1. The van der Waals surface area contributed by atoms with E-state index in [0.717, 1.165) is 34.4 Å². The highest BCUT2D eigenvalue weighted by Gasteiger charge is 2.16. The van der Waals surface area contributed by atoms with E-state index < -0.39 is 0 Å². The molecule has 0 amide bonds.